The molecule has 0 aromatic heterocycles. The zero-order chi connectivity index (χ0) is 12.9. The Kier molecular flexibility index (Phi) is 5.40. The molecule has 1 rings (SSSR count). The third-order valence-electron chi connectivity index (χ3n) is 2.70. The number of hydrogen-bond donors (Lipinski definition) is 1. The van der Waals surface area contributed by atoms with E-state index in [-0.39, 0.29) is 12.0 Å². The molecule has 4 nitrogen and oxygen atoms in total. The maximum atomic E-state index is 11.7. The van der Waals surface area contributed by atoms with Crippen molar-refractivity contribution in [2.24, 2.45) is 0 Å². The van der Waals surface area contributed by atoms with Gasteiger partial charge in [-0.1, -0.05) is 0 Å². The average Bonchev–Trinajstić information content (AvgIpc) is 2.67. The van der Waals surface area contributed by atoms with Crippen LogP contribution >= 0.6 is 0 Å². The number of esters is 1. The quantitative estimate of drug-likeness (QED) is 0.749. The molecule has 17 heavy (non-hydrogen) atoms. The number of nitrogens with one attached hydrogen (secondary N) is 1. The van der Waals surface area contributed by atoms with Gasteiger partial charge in [-0.25, -0.2) is 0 Å². The molecule has 0 aromatic rings. The fourth-order valence-electron chi connectivity index (χ4n) is 1.81. The van der Waals surface area contributed by atoms with Gasteiger partial charge in [-0.2, -0.15) is 0 Å². The zero-order valence-electron chi connectivity index (χ0n) is 11.4. The van der Waals surface area contributed by atoms with Gasteiger partial charge in [-0.15, -0.1) is 0 Å². The summed E-state index contributed by atoms with van der Waals surface area (Å²) in [4.78, 5) is 11.7. The van der Waals surface area contributed by atoms with Crippen LogP contribution in [0.15, 0.2) is 0 Å². The minimum atomic E-state index is -0.415. The van der Waals surface area contributed by atoms with Crippen LogP contribution in [0.3, 0.4) is 0 Å². The van der Waals surface area contributed by atoms with Crippen molar-refractivity contribution in [3.8, 4) is 0 Å². The van der Waals surface area contributed by atoms with E-state index in [2.05, 4.69) is 5.32 Å². The van der Waals surface area contributed by atoms with Gasteiger partial charge in [0, 0.05) is 6.61 Å². The fourth-order valence-corrected chi connectivity index (χ4v) is 1.81. The first-order valence-electron chi connectivity index (χ1n) is 6.46. The largest absolute Gasteiger partial charge is 0.459 e. The maximum absolute atomic E-state index is 11.7. The van der Waals surface area contributed by atoms with Crippen LogP contribution in [-0.2, 0) is 14.3 Å². The van der Waals surface area contributed by atoms with E-state index >= 15 is 0 Å². The Labute approximate surface area is 104 Å². The van der Waals surface area contributed by atoms with Crippen molar-refractivity contribution in [2.75, 3.05) is 13.2 Å². The molecule has 0 radical (unpaired) electrons. The summed E-state index contributed by atoms with van der Waals surface area (Å²) in [6.45, 7) is 9.15. The average molecular weight is 243 g/mol. The fraction of sp³-hybridized carbons (Fsp3) is 0.923. The van der Waals surface area contributed by atoms with Crippen molar-refractivity contribution in [3.05, 3.63) is 0 Å². The highest BCUT2D eigenvalue weighted by Gasteiger charge is 2.22. The Balaban J connectivity index is 2.15. The van der Waals surface area contributed by atoms with Crippen LogP contribution < -0.4 is 5.32 Å². The van der Waals surface area contributed by atoms with Crippen molar-refractivity contribution in [3.63, 3.8) is 0 Å². The Morgan fingerprint density at radius 3 is 2.76 bits per heavy atom. The highest BCUT2D eigenvalue weighted by Crippen LogP contribution is 2.14. The van der Waals surface area contributed by atoms with Gasteiger partial charge in [0.25, 0.3) is 0 Å². The van der Waals surface area contributed by atoms with E-state index in [9.17, 15) is 4.79 Å². The molecule has 1 fully saturated rings. The Hall–Kier alpha value is -0.610. The molecule has 0 aromatic carbocycles. The number of rotatable bonds is 5. The molecule has 0 spiro atoms. The zero-order valence-corrected chi connectivity index (χ0v) is 11.4. The first-order chi connectivity index (χ1) is 7.88. The van der Waals surface area contributed by atoms with Crippen molar-refractivity contribution in [2.45, 2.75) is 64.7 Å². The molecule has 100 valence electrons. The van der Waals surface area contributed by atoms with E-state index in [4.69, 9.17) is 9.47 Å². The summed E-state index contributed by atoms with van der Waals surface area (Å²) >= 11 is 0. The molecule has 0 bridgehead atoms. The van der Waals surface area contributed by atoms with Gasteiger partial charge in [0.1, 0.15) is 11.6 Å². The van der Waals surface area contributed by atoms with Crippen molar-refractivity contribution >= 4 is 5.97 Å². The lowest BCUT2D eigenvalue weighted by molar-refractivity contribution is -0.157. The third-order valence-corrected chi connectivity index (χ3v) is 2.70. The van der Waals surface area contributed by atoms with E-state index in [1.165, 1.54) is 0 Å². The predicted molar refractivity (Wildman–Crippen MR) is 66.9 cm³/mol. The molecule has 2 atom stereocenters. The lowest BCUT2D eigenvalue weighted by atomic mass is 10.1. The molecule has 0 amide bonds. The molecule has 1 aliphatic heterocycles. The first-order valence-corrected chi connectivity index (χ1v) is 6.46. The van der Waals surface area contributed by atoms with Gasteiger partial charge in [-0.3, -0.25) is 4.79 Å². The SMILES string of the molecule is CC(NCCC1CCCO1)C(=O)OC(C)(C)C. The summed E-state index contributed by atoms with van der Waals surface area (Å²) < 4.78 is 10.8. The predicted octanol–water partition coefficient (Wildman–Crippen LogP) is 1.88. The summed E-state index contributed by atoms with van der Waals surface area (Å²) in [5, 5.41) is 3.18. The lowest BCUT2D eigenvalue weighted by Gasteiger charge is -2.23. The number of carbonyl (C=O) groups is 1. The summed E-state index contributed by atoms with van der Waals surface area (Å²) in [7, 11) is 0. The molecule has 4 heteroatoms. The van der Waals surface area contributed by atoms with E-state index in [1.54, 1.807) is 0 Å². The van der Waals surface area contributed by atoms with Crippen LogP contribution in [0.25, 0.3) is 0 Å². The topological polar surface area (TPSA) is 47.6 Å². The van der Waals surface area contributed by atoms with Gasteiger partial charge < -0.3 is 14.8 Å². The molecule has 2 unspecified atom stereocenters. The Bertz CT molecular complexity index is 242. The lowest BCUT2D eigenvalue weighted by Crippen LogP contribution is -2.40. The van der Waals surface area contributed by atoms with Gasteiger partial charge >= 0.3 is 5.97 Å². The Morgan fingerprint density at radius 2 is 2.24 bits per heavy atom. The summed E-state index contributed by atoms with van der Waals surface area (Å²) in [6.07, 6.45) is 3.63. The summed E-state index contributed by atoms with van der Waals surface area (Å²) in [5.74, 6) is -0.190. The molecular weight excluding hydrogens is 218 g/mol. The van der Waals surface area contributed by atoms with E-state index < -0.39 is 5.60 Å². The molecule has 1 heterocycles. The number of carbonyl (C=O) groups excluding carboxylic acids is 1. The smallest absolute Gasteiger partial charge is 0.323 e. The maximum Gasteiger partial charge on any atom is 0.323 e. The second-order valence-corrected chi connectivity index (χ2v) is 5.63. The van der Waals surface area contributed by atoms with E-state index in [1.807, 2.05) is 27.7 Å². The Morgan fingerprint density at radius 1 is 1.53 bits per heavy atom. The molecular formula is C13H25NO3. The standard InChI is InChI=1S/C13H25NO3/c1-10(12(15)17-13(2,3)4)14-8-7-11-6-5-9-16-11/h10-11,14H,5-9H2,1-4H3. The van der Waals surface area contributed by atoms with Crippen LogP contribution in [0.2, 0.25) is 0 Å². The molecule has 1 aliphatic rings. The second-order valence-electron chi connectivity index (χ2n) is 5.63. The summed E-state index contributed by atoms with van der Waals surface area (Å²) in [5.41, 5.74) is -0.415. The number of ether oxygens (including phenoxy) is 2. The summed E-state index contributed by atoms with van der Waals surface area (Å²) in [6, 6.07) is -0.254. The molecule has 0 aliphatic carbocycles. The highest BCUT2D eigenvalue weighted by molar-refractivity contribution is 5.75. The van der Waals surface area contributed by atoms with Crippen LogP contribution in [0.4, 0.5) is 0 Å². The van der Waals surface area contributed by atoms with Gasteiger partial charge in [0.05, 0.1) is 6.10 Å². The van der Waals surface area contributed by atoms with Crippen LogP contribution in [0.1, 0.15) is 47.0 Å². The van der Waals surface area contributed by atoms with Gasteiger partial charge in [0.2, 0.25) is 0 Å². The van der Waals surface area contributed by atoms with Crippen LogP contribution in [0, 0.1) is 0 Å². The second kappa shape index (κ2) is 6.36. The van der Waals surface area contributed by atoms with E-state index in [0.717, 1.165) is 32.4 Å². The van der Waals surface area contributed by atoms with E-state index in [0.29, 0.717) is 6.10 Å². The monoisotopic (exact) mass is 243 g/mol. The van der Waals surface area contributed by atoms with Crippen LogP contribution in [-0.4, -0.2) is 36.9 Å². The number of hydrogen-bond acceptors (Lipinski definition) is 4. The normalized spacial score (nSPS) is 22.5. The molecule has 1 saturated heterocycles. The third kappa shape index (κ3) is 6.03. The van der Waals surface area contributed by atoms with Gasteiger partial charge in [-0.05, 0) is 53.5 Å². The minimum Gasteiger partial charge on any atom is -0.459 e. The van der Waals surface area contributed by atoms with Crippen molar-refractivity contribution in [1.82, 2.24) is 5.32 Å². The van der Waals surface area contributed by atoms with Crippen LogP contribution in [0.5, 0.6) is 0 Å². The first kappa shape index (κ1) is 14.5. The molecule has 1 N–H and O–H groups in total. The van der Waals surface area contributed by atoms with Crippen molar-refractivity contribution in [1.29, 1.82) is 0 Å². The minimum absolute atomic E-state index is 0.190. The van der Waals surface area contributed by atoms with Gasteiger partial charge in [0.15, 0.2) is 0 Å². The molecule has 0 saturated carbocycles. The van der Waals surface area contributed by atoms with Crippen molar-refractivity contribution < 1.29 is 14.3 Å². The highest BCUT2D eigenvalue weighted by atomic mass is 16.6.